The summed E-state index contributed by atoms with van der Waals surface area (Å²) in [6.07, 6.45) is 5.25. The summed E-state index contributed by atoms with van der Waals surface area (Å²) in [6.45, 7) is 4.37. The lowest BCUT2D eigenvalue weighted by atomic mass is 10.2. The summed E-state index contributed by atoms with van der Waals surface area (Å²) in [5.74, 6) is 0.698. The van der Waals surface area contributed by atoms with E-state index in [0.717, 1.165) is 12.8 Å². The van der Waals surface area contributed by atoms with Crippen molar-refractivity contribution in [3.8, 4) is 0 Å². The Morgan fingerprint density at radius 2 is 2.30 bits per heavy atom. The highest BCUT2D eigenvalue weighted by Gasteiger charge is 1.85. The lowest BCUT2D eigenvalue weighted by molar-refractivity contribution is -0.125. The summed E-state index contributed by atoms with van der Waals surface area (Å²) >= 11 is 0. The smallest absolute Gasteiger partial charge is 0.298 e. The monoisotopic (exact) mass is 142 g/mol. The van der Waals surface area contributed by atoms with Crippen molar-refractivity contribution in [2.75, 3.05) is 0 Å². The normalized spacial score (nSPS) is 11.2. The van der Waals surface area contributed by atoms with Crippen molar-refractivity contribution in [2.24, 2.45) is 0 Å². The van der Waals surface area contributed by atoms with Crippen molar-refractivity contribution in [1.29, 1.82) is 0 Å². The summed E-state index contributed by atoms with van der Waals surface area (Å²) in [5.41, 5.74) is 0. The van der Waals surface area contributed by atoms with Crippen LogP contribution in [0.15, 0.2) is 11.8 Å². The molecule has 0 saturated carbocycles. The van der Waals surface area contributed by atoms with Crippen molar-refractivity contribution in [1.82, 2.24) is 0 Å². The highest BCUT2D eigenvalue weighted by molar-refractivity contribution is 5.39. The molecule has 0 radical (unpaired) electrons. The van der Waals surface area contributed by atoms with Crippen LogP contribution in [0.25, 0.3) is 0 Å². The largest absolute Gasteiger partial charge is 0.434 e. The predicted molar refractivity (Wildman–Crippen MR) is 40.4 cm³/mol. The Morgan fingerprint density at radius 3 is 2.80 bits per heavy atom. The molecular weight excluding hydrogens is 128 g/mol. The Hall–Kier alpha value is -0.790. The molecule has 0 rings (SSSR count). The lowest BCUT2D eigenvalue weighted by Gasteiger charge is -1.94. The number of carbonyl (C=O) groups is 1. The van der Waals surface area contributed by atoms with E-state index >= 15 is 0 Å². The van der Waals surface area contributed by atoms with Crippen molar-refractivity contribution < 1.29 is 9.53 Å². The van der Waals surface area contributed by atoms with E-state index < -0.39 is 0 Å². The lowest BCUT2D eigenvalue weighted by Crippen LogP contribution is -1.83. The number of ether oxygens (including phenoxy) is 1. The van der Waals surface area contributed by atoms with Crippen LogP contribution in [0.1, 0.15) is 33.1 Å². The van der Waals surface area contributed by atoms with Gasteiger partial charge in [-0.3, -0.25) is 4.79 Å². The second kappa shape index (κ2) is 6.33. The van der Waals surface area contributed by atoms with Crippen molar-refractivity contribution in [3.05, 3.63) is 11.8 Å². The molecule has 0 fully saturated rings. The Bertz CT molecular complexity index is 116. The molecule has 0 aromatic carbocycles. The Balaban J connectivity index is 3.37. The highest BCUT2D eigenvalue weighted by atomic mass is 16.5. The van der Waals surface area contributed by atoms with Gasteiger partial charge >= 0.3 is 0 Å². The molecule has 0 bridgehead atoms. The van der Waals surface area contributed by atoms with Crippen LogP contribution >= 0.6 is 0 Å². The Morgan fingerprint density at radius 1 is 1.60 bits per heavy atom. The summed E-state index contributed by atoms with van der Waals surface area (Å²) in [6, 6.07) is 0. The number of allylic oxidation sites excluding steroid dienone is 2. The van der Waals surface area contributed by atoms with Crippen LogP contribution in [0, 0.1) is 0 Å². The molecule has 0 aromatic heterocycles. The molecule has 0 aliphatic rings. The van der Waals surface area contributed by atoms with Crippen LogP contribution in [-0.4, -0.2) is 6.47 Å². The van der Waals surface area contributed by atoms with E-state index in [-0.39, 0.29) is 0 Å². The average Bonchev–Trinajstić information content (AvgIpc) is 1.89. The molecule has 0 atom stereocenters. The fourth-order valence-electron chi connectivity index (χ4n) is 0.633. The molecule has 2 nitrogen and oxygen atoms in total. The van der Waals surface area contributed by atoms with Gasteiger partial charge in [0.2, 0.25) is 0 Å². The van der Waals surface area contributed by atoms with Gasteiger partial charge in [-0.1, -0.05) is 13.3 Å². The van der Waals surface area contributed by atoms with Crippen LogP contribution in [0.4, 0.5) is 0 Å². The van der Waals surface area contributed by atoms with Gasteiger partial charge in [0.1, 0.15) is 5.76 Å². The third-order valence-corrected chi connectivity index (χ3v) is 1.22. The summed E-state index contributed by atoms with van der Waals surface area (Å²) < 4.78 is 4.57. The SMILES string of the molecule is CCCC/C=C(\C)OC=O. The number of hydrogen-bond acceptors (Lipinski definition) is 2. The standard InChI is InChI=1S/C8H14O2/c1-3-4-5-6-8(2)10-7-9/h6-7H,3-5H2,1-2H3/b8-6+. The fraction of sp³-hybridized carbons (Fsp3) is 0.625. The maximum absolute atomic E-state index is 9.78. The zero-order chi connectivity index (χ0) is 7.82. The zero-order valence-corrected chi connectivity index (χ0v) is 6.59. The van der Waals surface area contributed by atoms with Crippen LogP contribution in [0.5, 0.6) is 0 Å². The minimum atomic E-state index is 0.456. The number of rotatable bonds is 5. The van der Waals surface area contributed by atoms with Crippen LogP contribution < -0.4 is 0 Å². The zero-order valence-electron chi connectivity index (χ0n) is 6.59. The average molecular weight is 142 g/mol. The molecule has 0 saturated heterocycles. The van der Waals surface area contributed by atoms with Gasteiger partial charge in [-0.05, 0) is 25.8 Å². The van der Waals surface area contributed by atoms with Crippen LogP contribution in [0.2, 0.25) is 0 Å². The first-order valence-corrected chi connectivity index (χ1v) is 3.58. The molecule has 0 aliphatic heterocycles. The number of carbonyl (C=O) groups excluding carboxylic acids is 1. The maximum Gasteiger partial charge on any atom is 0.298 e. The summed E-state index contributed by atoms with van der Waals surface area (Å²) in [4.78, 5) is 9.78. The summed E-state index contributed by atoms with van der Waals surface area (Å²) in [7, 11) is 0. The first kappa shape index (κ1) is 9.21. The minimum Gasteiger partial charge on any atom is -0.434 e. The number of unbranched alkanes of at least 4 members (excludes halogenated alkanes) is 2. The van der Waals surface area contributed by atoms with Crippen molar-refractivity contribution in [2.45, 2.75) is 33.1 Å². The molecule has 0 unspecified atom stereocenters. The molecule has 0 aromatic rings. The second-order valence-corrected chi connectivity index (χ2v) is 2.17. The molecule has 2 heteroatoms. The quantitative estimate of drug-likeness (QED) is 0.334. The van der Waals surface area contributed by atoms with Crippen LogP contribution in [-0.2, 0) is 9.53 Å². The van der Waals surface area contributed by atoms with Gasteiger partial charge in [0.15, 0.2) is 0 Å². The Labute approximate surface area is 61.9 Å². The molecule has 0 amide bonds. The molecule has 10 heavy (non-hydrogen) atoms. The third kappa shape index (κ3) is 5.35. The molecular formula is C8H14O2. The van der Waals surface area contributed by atoms with E-state index in [1.165, 1.54) is 6.42 Å². The van der Waals surface area contributed by atoms with E-state index in [9.17, 15) is 4.79 Å². The second-order valence-electron chi connectivity index (χ2n) is 2.17. The van der Waals surface area contributed by atoms with Crippen molar-refractivity contribution >= 4 is 6.47 Å². The van der Waals surface area contributed by atoms with E-state index in [2.05, 4.69) is 11.7 Å². The maximum atomic E-state index is 9.78. The van der Waals surface area contributed by atoms with Gasteiger partial charge in [0, 0.05) is 0 Å². The summed E-state index contributed by atoms with van der Waals surface area (Å²) in [5, 5.41) is 0. The molecule has 0 N–H and O–H groups in total. The van der Waals surface area contributed by atoms with Crippen LogP contribution in [0.3, 0.4) is 0 Å². The van der Waals surface area contributed by atoms with Gasteiger partial charge in [0.05, 0.1) is 0 Å². The predicted octanol–water partition coefficient (Wildman–Crippen LogP) is 2.25. The van der Waals surface area contributed by atoms with E-state index in [1.807, 2.05) is 6.08 Å². The molecule has 0 heterocycles. The first-order valence-electron chi connectivity index (χ1n) is 3.58. The minimum absolute atomic E-state index is 0.456. The molecule has 0 aliphatic carbocycles. The molecule has 58 valence electrons. The molecule has 0 spiro atoms. The van der Waals surface area contributed by atoms with Gasteiger partial charge in [-0.25, -0.2) is 0 Å². The van der Waals surface area contributed by atoms with E-state index in [4.69, 9.17) is 0 Å². The van der Waals surface area contributed by atoms with E-state index in [0.29, 0.717) is 12.2 Å². The highest BCUT2D eigenvalue weighted by Crippen LogP contribution is 2.00. The first-order chi connectivity index (χ1) is 4.81. The van der Waals surface area contributed by atoms with Gasteiger partial charge in [-0.15, -0.1) is 0 Å². The topological polar surface area (TPSA) is 26.3 Å². The van der Waals surface area contributed by atoms with Gasteiger partial charge in [-0.2, -0.15) is 0 Å². The van der Waals surface area contributed by atoms with Gasteiger partial charge < -0.3 is 4.74 Å². The third-order valence-electron chi connectivity index (χ3n) is 1.22. The number of hydrogen-bond donors (Lipinski definition) is 0. The van der Waals surface area contributed by atoms with Crippen molar-refractivity contribution in [3.63, 3.8) is 0 Å². The van der Waals surface area contributed by atoms with Gasteiger partial charge in [0.25, 0.3) is 6.47 Å². The Kier molecular flexibility index (Phi) is 5.83. The fourth-order valence-corrected chi connectivity index (χ4v) is 0.633. The van der Waals surface area contributed by atoms with E-state index in [1.54, 1.807) is 6.92 Å².